The van der Waals surface area contributed by atoms with Crippen LogP contribution >= 0.6 is 23.2 Å². The number of para-hydroxylation sites is 2. The van der Waals surface area contributed by atoms with E-state index in [9.17, 15) is 14.9 Å². The molecule has 0 fully saturated rings. The molecule has 6 nitrogen and oxygen atoms in total. The van der Waals surface area contributed by atoms with Crippen LogP contribution in [0.2, 0.25) is 10.0 Å². The SMILES string of the molecule is O=C(Cc1c(Cl)cccc1Cl)NNc1ccccc1[N+](=O)[O-]. The summed E-state index contributed by atoms with van der Waals surface area (Å²) in [4.78, 5) is 22.2. The van der Waals surface area contributed by atoms with Gasteiger partial charge in [0.25, 0.3) is 5.69 Å². The number of anilines is 1. The summed E-state index contributed by atoms with van der Waals surface area (Å²) >= 11 is 12.0. The second-order valence-electron chi connectivity index (χ2n) is 4.32. The molecule has 2 N–H and O–H groups in total. The number of carbonyl (C=O) groups excluding carboxylic acids is 1. The van der Waals surface area contributed by atoms with Gasteiger partial charge in [0.1, 0.15) is 5.69 Å². The summed E-state index contributed by atoms with van der Waals surface area (Å²) in [6.45, 7) is 0. The van der Waals surface area contributed by atoms with Crippen LogP contribution in [-0.4, -0.2) is 10.8 Å². The Kier molecular flexibility index (Phi) is 5.19. The molecule has 0 saturated heterocycles. The third-order valence-electron chi connectivity index (χ3n) is 2.84. The van der Waals surface area contributed by atoms with Gasteiger partial charge < -0.3 is 0 Å². The fourth-order valence-electron chi connectivity index (χ4n) is 1.78. The van der Waals surface area contributed by atoms with Gasteiger partial charge in [-0.2, -0.15) is 0 Å². The molecule has 0 aliphatic rings. The van der Waals surface area contributed by atoms with Gasteiger partial charge in [0.15, 0.2) is 0 Å². The number of rotatable bonds is 5. The first-order valence-corrected chi connectivity index (χ1v) is 6.96. The quantitative estimate of drug-likeness (QED) is 0.644. The lowest BCUT2D eigenvalue weighted by atomic mass is 10.1. The fourth-order valence-corrected chi connectivity index (χ4v) is 2.31. The molecule has 0 aliphatic carbocycles. The summed E-state index contributed by atoms with van der Waals surface area (Å²) in [5, 5.41) is 11.6. The Morgan fingerprint density at radius 1 is 1.09 bits per heavy atom. The van der Waals surface area contributed by atoms with E-state index in [2.05, 4.69) is 10.9 Å². The van der Waals surface area contributed by atoms with Crippen molar-refractivity contribution in [2.24, 2.45) is 0 Å². The van der Waals surface area contributed by atoms with Crippen LogP contribution < -0.4 is 10.9 Å². The van der Waals surface area contributed by atoms with Crippen molar-refractivity contribution >= 4 is 40.5 Å². The number of amides is 1. The lowest BCUT2D eigenvalue weighted by molar-refractivity contribution is -0.384. The van der Waals surface area contributed by atoms with E-state index in [1.807, 2.05) is 0 Å². The first kappa shape index (κ1) is 16.1. The first-order chi connectivity index (χ1) is 10.5. The summed E-state index contributed by atoms with van der Waals surface area (Å²) in [7, 11) is 0. The molecule has 0 heterocycles. The van der Waals surface area contributed by atoms with E-state index in [0.29, 0.717) is 15.6 Å². The molecule has 2 aromatic carbocycles. The second kappa shape index (κ2) is 7.11. The summed E-state index contributed by atoms with van der Waals surface area (Å²) < 4.78 is 0. The van der Waals surface area contributed by atoms with Crippen LogP contribution in [0.3, 0.4) is 0 Å². The van der Waals surface area contributed by atoms with Gasteiger partial charge in [-0.1, -0.05) is 41.4 Å². The number of nitrogens with one attached hydrogen (secondary N) is 2. The highest BCUT2D eigenvalue weighted by Gasteiger charge is 2.14. The van der Waals surface area contributed by atoms with Crippen molar-refractivity contribution in [2.75, 3.05) is 5.43 Å². The number of carbonyl (C=O) groups is 1. The highest BCUT2D eigenvalue weighted by molar-refractivity contribution is 6.36. The number of nitro groups is 1. The van der Waals surface area contributed by atoms with Gasteiger partial charge in [0.2, 0.25) is 5.91 Å². The van der Waals surface area contributed by atoms with E-state index >= 15 is 0 Å². The predicted octanol–water partition coefficient (Wildman–Crippen LogP) is 3.59. The largest absolute Gasteiger partial charge is 0.294 e. The van der Waals surface area contributed by atoms with Crippen LogP contribution in [0.15, 0.2) is 42.5 Å². The fraction of sp³-hybridized carbons (Fsp3) is 0.0714. The zero-order valence-electron chi connectivity index (χ0n) is 11.2. The minimum absolute atomic E-state index is 0.0495. The number of benzene rings is 2. The Balaban J connectivity index is 2.04. The number of halogens is 2. The summed E-state index contributed by atoms with van der Waals surface area (Å²) in [5.74, 6) is -0.423. The minimum Gasteiger partial charge on any atom is -0.292 e. The number of nitro benzene ring substituents is 1. The van der Waals surface area contributed by atoms with Crippen molar-refractivity contribution in [2.45, 2.75) is 6.42 Å². The molecule has 0 unspecified atom stereocenters. The van der Waals surface area contributed by atoms with Crippen molar-refractivity contribution < 1.29 is 9.72 Å². The highest BCUT2D eigenvalue weighted by Crippen LogP contribution is 2.25. The molecule has 0 aromatic heterocycles. The Morgan fingerprint density at radius 3 is 2.36 bits per heavy atom. The number of hydrazine groups is 1. The van der Waals surface area contributed by atoms with Gasteiger partial charge in [-0.25, -0.2) is 0 Å². The summed E-state index contributed by atoms with van der Waals surface area (Å²) in [5.41, 5.74) is 5.45. The zero-order chi connectivity index (χ0) is 16.1. The van der Waals surface area contributed by atoms with E-state index in [1.165, 1.54) is 18.2 Å². The molecule has 0 aliphatic heterocycles. The average Bonchev–Trinajstić information content (AvgIpc) is 2.49. The average molecular weight is 340 g/mol. The van der Waals surface area contributed by atoms with Gasteiger partial charge in [-0.05, 0) is 23.8 Å². The Hall–Kier alpha value is -2.31. The van der Waals surface area contributed by atoms with Crippen molar-refractivity contribution in [3.8, 4) is 0 Å². The maximum atomic E-state index is 11.9. The van der Waals surface area contributed by atoms with E-state index in [-0.39, 0.29) is 17.8 Å². The van der Waals surface area contributed by atoms with Crippen molar-refractivity contribution in [3.63, 3.8) is 0 Å². The zero-order valence-corrected chi connectivity index (χ0v) is 12.7. The maximum Gasteiger partial charge on any atom is 0.294 e. The third-order valence-corrected chi connectivity index (χ3v) is 3.54. The summed E-state index contributed by atoms with van der Waals surface area (Å²) in [6.07, 6.45) is -0.0495. The number of nitrogens with zero attached hydrogens (tertiary/aromatic N) is 1. The van der Waals surface area contributed by atoms with Crippen LogP contribution in [0.25, 0.3) is 0 Å². The topological polar surface area (TPSA) is 84.3 Å². The van der Waals surface area contributed by atoms with E-state index in [0.717, 1.165) is 0 Å². The molecule has 1 amide bonds. The lowest BCUT2D eigenvalue weighted by Crippen LogP contribution is -2.31. The van der Waals surface area contributed by atoms with Gasteiger partial charge >= 0.3 is 0 Å². The monoisotopic (exact) mass is 339 g/mol. The third kappa shape index (κ3) is 3.87. The second-order valence-corrected chi connectivity index (χ2v) is 5.14. The van der Waals surface area contributed by atoms with E-state index < -0.39 is 10.8 Å². The van der Waals surface area contributed by atoms with E-state index in [1.54, 1.807) is 24.3 Å². The van der Waals surface area contributed by atoms with Crippen molar-refractivity contribution in [1.29, 1.82) is 0 Å². The summed E-state index contributed by atoms with van der Waals surface area (Å²) in [6, 6.07) is 10.9. The Labute approximate surface area is 136 Å². The molecule has 2 aromatic rings. The standard InChI is InChI=1S/C14H11Cl2N3O3/c15-10-4-3-5-11(16)9(10)8-14(20)18-17-12-6-1-2-7-13(12)19(21)22/h1-7,17H,8H2,(H,18,20). The molecule has 8 heteroatoms. The molecule has 0 radical (unpaired) electrons. The molecule has 0 spiro atoms. The minimum atomic E-state index is -0.542. The normalized spacial score (nSPS) is 10.1. The molecular formula is C14H11Cl2N3O3. The van der Waals surface area contributed by atoms with Crippen LogP contribution in [-0.2, 0) is 11.2 Å². The molecule has 22 heavy (non-hydrogen) atoms. The predicted molar refractivity (Wildman–Crippen MR) is 85.0 cm³/mol. The molecule has 0 bridgehead atoms. The molecule has 2 rings (SSSR count). The van der Waals surface area contributed by atoms with Crippen molar-refractivity contribution in [3.05, 3.63) is 68.2 Å². The number of hydrogen-bond donors (Lipinski definition) is 2. The van der Waals surface area contributed by atoms with Gasteiger partial charge in [0.05, 0.1) is 11.3 Å². The number of hydrogen-bond acceptors (Lipinski definition) is 4. The highest BCUT2D eigenvalue weighted by atomic mass is 35.5. The van der Waals surface area contributed by atoms with Gasteiger partial charge in [-0.3, -0.25) is 25.8 Å². The maximum absolute atomic E-state index is 11.9. The van der Waals surface area contributed by atoms with Crippen LogP contribution in [0, 0.1) is 10.1 Å². The van der Waals surface area contributed by atoms with Gasteiger partial charge in [-0.15, -0.1) is 0 Å². The van der Waals surface area contributed by atoms with Crippen LogP contribution in [0.4, 0.5) is 11.4 Å². The molecule has 114 valence electrons. The van der Waals surface area contributed by atoms with Crippen LogP contribution in [0.1, 0.15) is 5.56 Å². The van der Waals surface area contributed by atoms with Crippen LogP contribution in [0.5, 0.6) is 0 Å². The molecular weight excluding hydrogens is 329 g/mol. The molecule has 0 atom stereocenters. The molecule has 0 saturated carbocycles. The lowest BCUT2D eigenvalue weighted by Gasteiger charge is -2.10. The van der Waals surface area contributed by atoms with Gasteiger partial charge in [0, 0.05) is 16.1 Å². The Bertz CT molecular complexity index is 702. The Morgan fingerprint density at radius 2 is 1.73 bits per heavy atom. The van der Waals surface area contributed by atoms with Crippen molar-refractivity contribution in [1.82, 2.24) is 5.43 Å². The first-order valence-electron chi connectivity index (χ1n) is 6.20. The van der Waals surface area contributed by atoms with E-state index in [4.69, 9.17) is 23.2 Å². The smallest absolute Gasteiger partial charge is 0.292 e.